The minimum atomic E-state index is -0.240. The van der Waals surface area contributed by atoms with Crippen LogP contribution in [0.25, 0.3) is 0 Å². The van der Waals surface area contributed by atoms with Gasteiger partial charge in [-0.3, -0.25) is 0 Å². The summed E-state index contributed by atoms with van der Waals surface area (Å²) < 4.78 is 19.6. The summed E-state index contributed by atoms with van der Waals surface area (Å²) in [6.45, 7) is 2.30. The van der Waals surface area contributed by atoms with Crippen LogP contribution < -0.4 is 4.74 Å². The van der Waals surface area contributed by atoms with Crippen LogP contribution in [0, 0.1) is 12.7 Å². The van der Waals surface area contributed by atoms with Gasteiger partial charge < -0.3 is 4.74 Å². The van der Waals surface area contributed by atoms with E-state index < -0.39 is 0 Å². The molecule has 2 aromatic carbocycles. The van der Waals surface area contributed by atoms with Gasteiger partial charge in [-0.15, -0.1) is 0 Å². The molecule has 2 rings (SSSR count). The van der Waals surface area contributed by atoms with Gasteiger partial charge in [-0.1, -0.05) is 34.1 Å². The van der Waals surface area contributed by atoms with Gasteiger partial charge in [-0.2, -0.15) is 0 Å². The summed E-state index contributed by atoms with van der Waals surface area (Å²) in [7, 11) is 0. The Hall–Kier alpha value is -1.35. The van der Waals surface area contributed by atoms with Crippen LogP contribution in [0.15, 0.2) is 46.9 Å². The molecule has 0 fully saturated rings. The Morgan fingerprint density at radius 2 is 1.94 bits per heavy atom. The standard InChI is InChI=1S/C14H12BrFO/c1-10-8-12(16)6-7-14(10)17-9-11-4-2-3-5-13(11)15/h2-8H,9H2,1H3. The second-order valence-electron chi connectivity index (χ2n) is 3.79. The van der Waals surface area contributed by atoms with Crippen molar-refractivity contribution in [1.29, 1.82) is 0 Å². The zero-order valence-electron chi connectivity index (χ0n) is 9.41. The number of ether oxygens (including phenoxy) is 1. The van der Waals surface area contributed by atoms with Crippen molar-refractivity contribution < 1.29 is 9.13 Å². The summed E-state index contributed by atoms with van der Waals surface area (Å²) in [4.78, 5) is 0. The van der Waals surface area contributed by atoms with Gasteiger partial charge in [0, 0.05) is 10.0 Å². The molecule has 0 N–H and O–H groups in total. The molecule has 17 heavy (non-hydrogen) atoms. The van der Waals surface area contributed by atoms with Crippen molar-refractivity contribution >= 4 is 15.9 Å². The molecule has 0 aromatic heterocycles. The van der Waals surface area contributed by atoms with E-state index in [0.717, 1.165) is 15.6 Å². The smallest absolute Gasteiger partial charge is 0.123 e. The van der Waals surface area contributed by atoms with E-state index in [1.165, 1.54) is 12.1 Å². The fourth-order valence-electron chi connectivity index (χ4n) is 1.55. The van der Waals surface area contributed by atoms with E-state index in [-0.39, 0.29) is 5.82 Å². The topological polar surface area (TPSA) is 9.23 Å². The van der Waals surface area contributed by atoms with Gasteiger partial charge in [0.25, 0.3) is 0 Å². The lowest BCUT2D eigenvalue weighted by Gasteiger charge is -2.10. The average molecular weight is 295 g/mol. The monoisotopic (exact) mass is 294 g/mol. The number of hydrogen-bond acceptors (Lipinski definition) is 1. The first kappa shape index (κ1) is 12.1. The van der Waals surface area contributed by atoms with Gasteiger partial charge in [0.2, 0.25) is 0 Å². The Morgan fingerprint density at radius 3 is 2.65 bits per heavy atom. The minimum absolute atomic E-state index is 0.240. The Balaban J connectivity index is 2.10. The van der Waals surface area contributed by atoms with Crippen molar-refractivity contribution in [2.45, 2.75) is 13.5 Å². The highest BCUT2D eigenvalue weighted by Crippen LogP contribution is 2.22. The predicted molar refractivity (Wildman–Crippen MR) is 69.6 cm³/mol. The lowest BCUT2D eigenvalue weighted by atomic mass is 10.2. The van der Waals surface area contributed by atoms with Crippen molar-refractivity contribution in [3.63, 3.8) is 0 Å². The van der Waals surface area contributed by atoms with E-state index >= 15 is 0 Å². The summed E-state index contributed by atoms with van der Waals surface area (Å²) in [6, 6.07) is 12.4. The van der Waals surface area contributed by atoms with Crippen LogP contribution in [-0.2, 0) is 6.61 Å². The van der Waals surface area contributed by atoms with Gasteiger partial charge in [-0.25, -0.2) is 4.39 Å². The summed E-state index contributed by atoms with van der Waals surface area (Å²) in [5.41, 5.74) is 1.87. The Labute approximate surface area is 108 Å². The molecule has 0 unspecified atom stereocenters. The first-order valence-electron chi connectivity index (χ1n) is 5.29. The SMILES string of the molecule is Cc1cc(F)ccc1OCc1ccccc1Br. The molecule has 0 amide bonds. The number of hydrogen-bond donors (Lipinski definition) is 0. The Bertz CT molecular complexity index is 525. The van der Waals surface area contributed by atoms with E-state index in [4.69, 9.17) is 4.74 Å². The molecule has 0 saturated heterocycles. The van der Waals surface area contributed by atoms with Crippen LogP contribution in [0.4, 0.5) is 4.39 Å². The van der Waals surface area contributed by atoms with Crippen LogP contribution in [0.3, 0.4) is 0 Å². The number of halogens is 2. The lowest BCUT2D eigenvalue weighted by molar-refractivity contribution is 0.303. The van der Waals surface area contributed by atoms with Crippen LogP contribution in [0.1, 0.15) is 11.1 Å². The first-order chi connectivity index (χ1) is 8.16. The summed E-state index contributed by atoms with van der Waals surface area (Å²) in [5.74, 6) is 0.470. The predicted octanol–water partition coefficient (Wildman–Crippen LogP) is 4.48. The molecule has 0 saturated carbocycles. The average Bonchev–Trinajstić information content (AvgIpc) is 2.30. The molecule has 2 aromatic rings. The van der Waals surface area contributed by atoms with Crippen molar-refractivity contribution in [3.05, 3.63) is 63.9 Å². The molecular weight excluding hydrogens is 283 g/mol. The van der Waals surface area contributed by atoms with Crippen molar-refractivity contribution in [1.82, 2.24) is 0 Å². The molecule has 88 valence electrons. The zero-order valence-corrected chi connectivity index (χ0v) is 11.0. The molecule has 0 atom stereocenters. The molecule has 0 spiro atoms. The molecule has 0 radical (unpaired) electrons. The third-order valence-corrected chi connectivity index (χ3v) is 3.25. The van der Waals surface area contributed by atoms with Crippen LogP contribution in [-0.4, -0.2) is 0 Å². The van der Waals surface area contributed by atoms with Gasteiger partial charge in [0.05, 0.1) is 0 Å². The zero-order chi connectivity index (χ0) is 12.3. The molecule has 1 nitrogen and oxygen atoms in total. The van der Waals surface area contributed by atoms with Gasteiger partial charge in [0.15, 0.2) is 0 Å². The maximum Gasteiger partial charge on any atom is 0.123 e. The molecule has 0 aliphatic heterocycles. The summed E-state index contributed by atoms with van der Waals surface area (Å²) in [6.07, 6.45) is 0. The second-order valence-corrected chi connectivity index (χ2v) is 4.64. The Morgan fingerprint density at radius 1 is 1.18 bits per heavy atom. The summed E-state index contributed by atoms with van der Waals surface area (Å²) in [5, 5.41) is 0. The van der Waals surface area contributed by atoms with Crippen molar-refractivity contribution in [2.24, 2.45) is 0 Å². The van der Waals surface area contributed by atoms with Gasteiger partial charge in [-0.05, 0) is 36.8 Å². The summed E-state index contributed by atoms with van der Waals surface area (Å²) >= 11 is 3.46. The highest BCUT2D eigenvalue weighted by molar-refractivity contribution is 9.10. The number of benzene rings is 2. The van der Waals surface area contributed by atoms with Crippen molar-refractivity contribution in [3.8, 4) is 5.75 Å². The third kappa shape index (κ3) is 3.07. The fourth-order valence-corrected chi connectivity index (χ4v) is 1.94. The quantitative estimate of drug-likeness (QED) is 0.811. The molecule has 0 heterocycles. The Kier molecular flexibility index (Phi) is 3.79. The molecule has 3 heteroatoms. The highest BCUT2D eigenvalue weighted by Gasteiger charge is 2.03. The first-order valence-corrected chi connectivity index (χ1v) is 6.08. The third-order valence-electron chi connectivity index (χ3n) is 2.48. The highest BCUT2D eigenvalue weighted by atomic mass is 79.9. The van der Waals surface area contributed by atoms with Crippen LogP contribution in [0.2, 0.25) is 0 Å². The second kappa shape index (κ2) is 5.32. The van der Waals surface area contributed by atoms with Crippen molar-refractivity contribution in [2.75, 3.05) is 0 Å². The maximum atomic E-state index is 12.9. The number of aryl methyl sites for hydroxylation is 1. The van der Waals surface area contributed by atoms with Crippen LogP contribution >= 0.6 is 15.9 Å². The largest absolute Gasteiger partial charge is 0.489 e. The minimum Gasteiger partial charge on any atom is -0.489 e. The lowest BCUT2D eigenvalue weighted by Crippen LogP contribution is -1.98. The molecule has 0 aliphatic rings. The maximum absolute atomic E-state index is 12.9. The van der Waals surface area contributed by atoms with E-state index in [0.29, 0.717) is 12.4 Å². The normalized spacial score (nSPS) is 10.3. The van der Waals surface area contributed by atoms with E-state index in [9.17, 15) is 4.39 Å². The van der Waals surface area contributed by atoms with E-state index in [1.54, 1.807) is 6.07 Å². The van der Waals surface area contributed by atoms with Gasteiger partial charge in [0.1, 0.15) is 18.2 Å². The fraction of sp³-hybridized carbons (Fsp3) is 0.143. The molecular formula is C14H12BrFO. The molecule has 0 bridgehead atoms. The van der Waals surface area contributed by atoms with E-state index in [1.807, 2.05) is 31.2 Å². The van der Waals surface area contributed by atoms with Gasteiger partial charge >= 0.3 is 0 Å². The van der Waals surface area contributed by atoms with Crippen LogP contribution in [0.5, 0.6) is 5.75 Å². The number of rotatable bonds is 3. The van der Waals surface area contributed by atoms with E-state index in [2.05, 4.69) is 15.9 Å². The molecule has 0 aliphatic carbocycles.